The summed E-state index contributed by atoms with van der Waals surface area (Å²) < 4.78 is 2.10. The lowest BCUT2D eigenvalue weighted by Crippen LogP contribution is -1.99. The van der Waals surface area contributed by atoms with Crippen LogP contribution in [0.1, 0.15) is 27.6 Å². The Balaban J connectivity index is 2.25. The molecule has 0 saturated carbocycles. The maximum atomic E-state index is 6.58. The Labute approximate surface area is 136 Å². The second-order valence-electron chi connectivity index (χ2n) is 4.77. The van der Waals surface area contributed by atoms with Crippen molar-refractivity contribution in [3.63, 3.8) is 0 Å². The Bertz CT molecular complexity index is 593. The Morgan fingerprint density at radius 2 is 1.79 bits per heavy atom. The summed E-state index contributed by atoms with van der Waals surface area (Å²) in [5, 5.41) is -0.0250. The van der Waals surface area contributed by atoms with E-state index in [1.54, 1.807) is 0 Å². The van der Waals surface area contributed by atoms with Gasteiger partial charge in [-0.3, -0.25) is 0 Å². The Morgan fingerprint density at radius 1 is 1.05 bits per heavy atom. The Morgan fingerprint density at radius 3 is 2.47 bits per heavy atom. The van der Waals surface area contributed by atoms with Gasteiger partial charge in [-0.2, -0.15) is 0 Å². The minimum absolute atomic E-state index is 0.0250. The van der Waals surface area contributed by atoms with Crippen molar-refractivity contribution in [3.05, 3.63) is 67.6 Å². The van der Waals surface area contributed by atoms with E-state index in [0.717, 1.165) is 20.9 Å². The molecular formula is C16H15Br2Cl. The largest absolute Gasteiger partial charge is 0.117 e. The highest BCUT2D eigenvalue weighted by molar-refractivity contribution is 9.11. The van der Waals surface area contributed by atoms with Crippen molar-refractivity contribution < 1.29 is 0 Å². The third-order valence-corrected chi connectivity index (χ3v) is 4.77. The molecule has 0 nitrogen and oxygen atoms in total. The zero-order valence-electron chi connectivity index (χ0n) is 10.9. The molecule has 0 N–H and O–H groups in total. The first-order valence-corrected chi connectivity index (χ1v) is 8.15. The van der Waals surface area contributed by atoms with Gasteiger partial charge in [-0.1, -0.05) is 61.7 Å². The van der Waals surface area contributed by atoms with Gasteiger partial charge in [0.25, 0.3) is 0 Å². The van der Waals surface area contributed by atoms with Crippen molar-refractivity contribution in [2.75, 3.05) is 0 Å². The number of rotatable bonds is 3. The Hall–Kier alpha value is -0.310. The predicted molar refractivity (Wildman–Crippen MR) is 90.1 cm³/mol. The normalized spacial score (nSPS) is 12.5. The molecule has 0 bridgehead atoms. The van der Waals surface area contributed by atoms with Crippen LogP contribution in [0.2, 0.25) is 0 Å². The number of aryl methyl sites for hydroxylation is 2. The molecule has 1 atom stereocenters. The smallest absolute Gasteiger partial charge is 0.0636 e. The highest BCUT2D eigenvalue weighted by Gasteiger charge is 2.14. The van der Waals surface area contributed by atoms with Gasteiger partial charge in [-0.25, -0.2) is 0 Å². The Kier molecular flexibility index (Phi) is 5.10. The summed E-state index contributed by atoms with van der Waals surface area (Å²) in [7, 11) is 0. The monoisotopic (exact) mass is 400 g/mol. The van der Waals surface area contributed by atoms with Gasteiger partial charge in [-0.05, 0) is 49.1 Å². The number of alkyl halides is 1. The number of benzene rings is 2. The van der Waals surface area contributed by atoms with E-state index in [0.29, 0.717) is 0 Å². The van der Waals surface area contributed by atoms with E-state index in [4.69, 9.17) is 11.6 Å². The first-order chi connectivity index (χ1) is 8.97. The summed E-state index contributed by atoms with van der Waals surface area (Å²) in [5.41, 5.74) is 5.02. The number of halogens is 3. The first kappa shape index (κ1) is 15.1. The van der Waals surface area contributed by atoms with Gasteiger partial charge in [0.15, 0.2) is 0 Å². The minimum Gasteiger partial charge on any atom is -0.117 e. The average molecular weight is 403 g/mol. The molecule has 2 aromatic rings. The molecule has 100 valence electrons. The molecule has 0 heterocycles. The fraction of sp³-hybridized carbons (Fsp3) is 0.250. The lowest BCUT2D eigenvalue weighted by molar-refractivity contribution is 0.903. The molecule has 2 aromatic carbocycles. The topological polar surface area (TPSA) is 0 Å². The van der Waals surface area contributed by atoms with Crippen molar-refractivity contribution >= 4 is 43.5 Å². The molecular weight excluding hydrogens is 387 g/mol. The number of hydrogen-bond donors (Lipinski definition) is 0. The van der Waals surface area contributed by atoms with Crippen molar-refractivity contribution in [2.24, 2.45) is 0 Å². The van der Waals surface area contributed by atoms with E-state index < -0.39 is 0 Å². The minimum atomic E-state index is -0.0250. The second kappa shape index (κ2) is 6.43. The third kappa shape index (κ3) is 3.84. The molecule has 0 aromatic heterocycles. The van der Waals surface area contributed by atoms with Crippen LogP contribution < -0.4 is 0 Å². The quantitative estimate of drug-likeness (QED) is 0.525. The van der Waals surface area contributed by atoms with Gasteiger partial charge in [-0.15, -0.1) is 11.6 Å². The SMILES string of the molecule is Cc1ccc(C)c(CC(Cl)c2ccc(Br)cc2Br)c1. The molecule has 2 rings (SSSR count). The lowest BCUT2D eigenvalue weighted by atomic mass is 9.98. The summed E-state index contributed by atoms with van der Waals surface area (Å²) in [6.07, 6.45) is 0.843. The molecule has 0 radical (unpaired) electrons. The standard InChI is InChI=1S/C16H15Br2Cl/c1-10-3-4-11(2)12(7-10)8-16(19)14-6-5-13(17)9-15(14)18/h3-7,9,16H,8H2,1-2H3. The van der Waals surface area contributed by atoms with Crippen LogP contribution in [0, 0.1) is 13.8 Å². The molecule has 0 saturated heterocycles. The summed E-state index contributed by atoms with van der Waals surface area (Å²) in [4.78, 5) is 0. The molecule has 0 spiro atoms. The highest BCUT2D eigenvalue weighted by atomic mass is 79.9. The van der Waals surface area contributed by atoms with Crippen molar-refractivity contribution in [1.29, 1.82) is 0 Å². The summed E-state index contributed by atoms with van der Waals surface area (Å²) >= 11 is 13.6. The van der Waals surface area contributed by atoms with Gasteiger partial charge in [0, 0.05) is 8.95 Å². The van der Waals surface area contributed by atoms with Crippen molar-refractivity contribution in [3.8, 4) is 0 Å². The van der Waals surface area contributed by atoms with E-state index in [1.807, 2.05) is 12.1 Å². The molecule has 0 aliphatic heterocycles. The maximum absolute atomic E-state index is 6.58. The molecule has 1 unspecified atom stereocenters. The van der Waals surface area contributed by atoms with E-state index in [-0.39, 0.29) is 5.38 Å². The van der Waals surface area contributed by atoms with Crippen LogP contribution in [0.4, 0.5) is 0 Å². The van der Waals surface area contributed by atoms with Gasteiger partial charge in [0.1, 0.15) is 0 Å². The van der Waals surface area contributed by atoms with E-state index in [2.05, 4.69) is 70.0 Å². The van der Waals surface area contributed by atoms with Crippen molar-refractivity contribution in [1.82, 2.24) is 0 Å². The van der Waals surface area contributed by atoms with Gasteiger partial charge in [0.05, 0.1) is 5.38 Å². The van der Waals surface area contributed by atoms with Gasteiger partial charge < -0.3 is 0 Å². The van der Waals surface area contributed by atoms with Crippen LogP contribution in [0.25, 0.3) is 0 Å². The second-order valence-corrected chi connectivity index (χ2v) is 7.06. The first-order valence-electron chi connectivity index (χ1n) is 6.12. The lowest BCUT2D eigenvalue weighted by Gasteiger charge is -2.14. The van der Waals surface area contributed by atoms with Crippen LogP contribution in [0.15, 0.2) is 45.3 Å². The average Bonchev–Trinajstić information content (AvgIpc) is 2.33. The summed E-state index contributed by atoms with van der Waals surface area (Å²) in [5.74, 6) is 0. The van der Waals surface area contributed by atoms with Crippen LogP contribution in [0.5, 0.6) is 0 Å². The highest BCUT2D eigenvalue weighted by Crippen LogP contribution is 2.33. The zero-order valence-corrected chi connectivity index (χ0v) is 14.8. The van der Waals surface area contributed by atoms with Crippen LogP contribution in [-0.4, -0.2) is 0 Å². The molecule has 0 fully saturated rings. The van der Waals surface area contributed by atoms with Crippen LogP contribution >= 0.6 is 43.5 Å². The fourth-order valence-corrected chi connectivity index (χ4v) is 3.89. The molecule has 3 heteroatoms. The fourth-order valence-electron chi connectivity index (χ4n) is 2.08. The third-order valence-electron chi connectivity index (χ3n) is 3.20. The van der Waals surface area contributed by atoms with Gasteiger partial charge in [0.2, 0.25) is 0 Å². The molecule has 0 amide bonds. The summed E-state index contributed by atoms with van der Waals surface area (Å²) in [6, 6.07) is 12.6. The van der Waals surface area contributed by atoms with Gasteiger partial charge >= 0.3 is 0 Å². The molecule has 19 heavy (non-hydrogen) atoms. The van der Waals surface area contributed by atoms with E-state index in [9.17, 15) is 0 Å². The summed E-state index contributed by atoms with van der Waals surface area (Å²) in [6.45, 7) is 4.25. The van der Waals surface area contributed by atoms with Crippen LogP contribution in [0.3, 0.4) is 0 Å². The zero-order chi connectivity index (χ0) is 14.0. The van der Waals surface area contributed by atoms with E-state index >= 15 is 0 Å². The predicted octanol–water partition coefficient (Wildman–Crippen LogP) is 6.35. The van der Waals surface area contributed by atoms with Crippen LogP contribution in [-0.2, 0) is 6.42 Å². The number of hydrogen-bond acceptors (Lipinski definition) is 0. The van der Waals surface area contributed by atoms with E-state index in [1.165, 1.54) is 16.7 Å². The van der Waals surface area contributed by atoms with Crippen molar-refractivity contribution in [2.45, 2.75) is 25.6 Å². The molecule has 0 aliphatic rings. The molecule has 0 aliphatic carbocycles. The maximum Gasteiger partial charge on any atom is 0.0636 e.